The Balaban J connectivity index is 1.48. The van der Waals surface area contributed by atoms with Crippen LogP contribution >= 0.6 is 0 Å². The number of rotatable bonds is 4. The number of nitrogens with one attached hydrogen (secondary N) is 4. The molecule has 5 heterocycles. The average Bonchev–Trinajstić information content (AvgIpc) is 3.90. The Morgan fingerprint density at radius 2 is 0.977 bits per heavy atom. The number of aromatic amines is 4. The van der Waals surface area contributed by atoms with E-state index in [0.29, 0.717) is 0 Å². The van der Waals surface area contributed by atoms with Gasteiger partial charge in [0.25, 0.3) is 0 Å². The van der Waals surface area contributed by atoms with Crippen molar-refractivity contribution in [2.45, 2.75) is 0 Å². The van der Waals surface area contributed by atoms with Gasteiger partial charge in [0, 0.05) is 57.0 Å². The molecule has 5 nitrogen and oxygen atoms in total. The molecule has 0 amide bonds. The van der Waals surface area contributed by atoms with Crippen molar-refractivity contribution < 1.29 is 0 Å². The summed E-state index contributed by atoms with van der Waals surface area (Å²) < 4.78 is 0. The average molecular weight is 570 g/mol. The minimum Gasteiger partial charge on any atom is -0.355 e. The van der Waals surface area contributed by atoms with E-state index in [1.165, 1.54) is 0 Å². The number of hydrogen-bond donors (Lipinski definition) is 4. The molecule has 8 bridgehead atoms. The zero-order valence-electron chi connectivity index (χ0n) is 24.3. The molecule has 0 saturated heterocycles. The van der Waals surface area contributed by atoms with Crippen molar-refractivity contribution in [2.24, 2.45) is 0 Å². The molecule has 212 valence electrons. The van der Waals surface area contributed by atoms with Crippen molar-refractivity contribution in [3.05, 3.63) is 195 Å². The van der Waals surface area contributed by atoms with E-state index in [9.17, 15) is 0 Å². The maximum absolute atomic E-state index is 3.81. The van der Waals surface area contributed by atoms with E-state index in [4.69, 9.17) is 0 Å². The number of fused-ring (bicyclic) bond motifs is 8. The summed E-state index contributed by atoms with van der Waals surface area (Å²) in [6.07, 6.45) is 2.16. The van der Waals surface area contributed by atoms with Crippen LogP contribution in [0.1, 0.15) is 33.9 Å². The molecule has 1 aliphatic rings. The van der Waals surface area contributed by atoms with Crippen LogP contribution in [0.3, 0.4) is 0 Å². The van der Waals surface area contributed by atoms with Gasteiger partial charge in [-0.15, -0.1) is 0 Å². The van der Waals surface area contributed by atoms with Gasteiger partial charge in [-0.25, -0.2) is 0 Å². The molecule has 4 N–H and O–H groups in total. The predicted octanol–water partition coefficient (Wildman–Crippen LogP) is 4.93. The fourth-order valence-corrected chi connectivity index (χ4v) is 6.22. The van der Waals surface area contributed by atoms with Gasteiger partial charge in [0.2, 0.25) is 0 Å². The monoisotopic (exact) mass is 569 g/mol. The molecular formula is C39H31N5. The smallest absolute Gasteiger partial charge is 0.0886 e. The van der Waals surface area contributed by atoms with Gasteiger partial charge in [-0.05, 0) is 77.9 Å². The summed E-state index contributed by atoms with van der Waals surface area (Å²) in [6.45, 7) is 0. The molecule has 5 heteroatoms. The minimum absolute atomic E-state index is 1.02. The van der Waals surface area contributed by atoms with Crippen molar-refractivity contribution in [3.8, 4) is 0 Å². The predicted molar refractivity (Wildman–Crippen MR) is 179 cm³/mol. The van der Waals surface area contributed by atoms with Crippen LogP contribution in [0.25, 0.3) is 22.9 Å². The molecule has 0 spiro atoms. The lowest BCUT2D eigenvalue weighted by Gasteiger charge is -2.22. The molecule has 1 aliphatic heterocycles. The molecule has 44 heavy (non-hydrogen) atoms. The highest BCUT2D eigenvalue weighted by molar-refractivity contribution is 5.82. The lowest BCUT2D eigenvalue weighted by atomic mass is 10.0. The molecular weight excluding hydrogens is 538 g/mol. The summed E-state index contributed by atoms with van der Waals surface area (Å²) in [6, 6.07) is 48.9. The first-order valence-electron chi connectivity index (χ1n) is 14.8. The van der Waals surface area contributed by atoms with Gasteiger partial charge in [-0.1, -0.05) is 78.9 Å². The number of nitrogens with zero attached hydrogens (tertiary/aromatic N) is 1. The number of H-pyrrole nitrogens is 4. The molecule has 0 saturated carbocycles. The molecule has 0 radical (unpaired) electrons. The van der Waals surface area contributed by atoms with Gasteiger partial charge in [-0.2, -0.15) is 0 Å². The largest absolute Gasteiger partial charge is 0.355 e. The van der Waals surface area contributed by atoms with Gasteiger partial charge in [0.1, 0.15) is 0 Å². The van der Waals surface area contributed by atoms with Gasteiger partial charge in [0.15, 0.2) is 0 Å². The Hall–Kier alpha value is -5.94. The van der Waals surface area contributed by atoms with Crippen LogP contribution in [-0.2, 0) is 0 Å². The second kappa shape index (κ2) is 10.7. The van der Waals surface area contributed by atoms with E-state index in [1.54, 1.807) is 0 Å². The maximum atomic E-state index is 3.81. The zero-order chi connectivity index (χ0) is 29.5. The van der Waals surface area contributed by atoms with Crippen molar-refractivity contribution in [1.29, 1.82) is 0 Å². The first-order chi connectivity index (χ1) is 21.7. The zero-order valence-corrected chi connectivity index (χ0v) is 24.3. The summed E-state index contributed by atoms with van der Waals surface area (Å²) in [5, 5.41) is 4.13. The number of anilines is 1. The summed E-state index contributed by atoms with van der Waals surface area (Å²) in [5.74, 6) is 0. The van der Waals surface area contributed by atoms with Gasteiger partial charge in [0.05, 0.1) is 16.7 Å². The maximum Gasteiger partial charge on any atom is 0.0886 e. The molecule has 0 unspecified atom stereocenters. The van der Waals surface area contributed by atoms with Crippen molar-refractivity contribution in [1.82, 2.24) is 19.9 Å². The highest BCUT2D eigenvalue weighted by Crippen LogP contribution is 2.26. The Morgan fingerprint density at radius 1 is 0.432 bits per heavy atom. The van der Waals surface area contributed by atoms with Crippen LogP contribution in [0, 0.1) is 0 Å². The summed E-state index contributed by atoms with van der Waals surface area (Å²) in [4.78, 5) is 17.2. The van der Waals surface area contributed by atoms with Crippen LogP contribution < -0.4 is 26.3 Å². The van der Waals surface area contributed by atoms with E-state index in [0.717, 1.165) is 77.8 Å². The fourth-order valence-electron chi connectivity index (χ4n) is 6.22. The van der Waals surface area contributed by atoms with Crippen molar-refractivity contribution in [2.75, 3.05) is 11.9 Å². The molecule has 0 aliphatic carbocycles. The van der Waals surface area contributed by atoms with E-state index in [1.807, 2.05) is 0 Å². The fraction of sp³-hybridized carbons (Fsp3) is 0.0256. The van der Waals surface area contributed by atoms with Crippen LogP contribution in [-0.4, -0.2) is 27.0 Å². The first-order valence-corrected chi connectivity index (χ1v) is 14.8. The van der Waals surface area contributed by atoms with Crippen LogP contribution in [0.2, 0.25) is 0 Å². The third-order valence-electron chi connectivity index (χ3n) is 8.29. The quantitative estimate of drug-likeness (QED) is 0.239. The molecule has 8 rings (SSSR count). The van der Waals surface area contributed by atoms with Gasteiger partial charge >= 0.3 is 0 Å². The SMILES string of the molecule is CN(C1=c2ccc([nH]2)=C(c2ccccc2)c2ccc([nH]2)C=c2ccc([nH]2)=C(c2ccccc2)c2ccc1[nH]2)c1ccccc1. The second-order valence-electron chi connectivity index (χ2n) is 11.1. The molecule has 4 aromatic heterocycles. The van der Waals surface area contributed by atoms with E-state index in [-0.39, 0.29) is 0 Å². The standard InChI is InChI=1S/C39H31N5/c1-44(30-15-9-4-10-16-30)39-35-23-21-33(42-35)37(26-11-5-2-6-12-26)31-19-17-28(40-31)25-29-18-20-32(41-29)38(27-13-7-3-8-14-27)34-22-24-36(39)43-34/h2-25,40-43H,1H3. The Bertz CT molecular complexity index is 2330. The van der Waals surface area contributed by atoms with Crippen molar-refractivity contribution >= 4 is 28.6 Å². The Morgan fingerprint density at radius 3 is 1.68 bits per heavy atom. The third-order valence-corrected chi connectivity index (χ3v) is 8.29. The molecule has 7 aromatic rings. The minimum atomic E-state index is 1.02. The lowest BCUT2D eigenvalue weighted by molar-refractivity contribution is 1.13. The highest BCUT2D eigenvalue weighted by atomic mass is 15.1. The lowest BCUT2D eigenvalue weighted by Crippen LogP contribution is -2.26. The Labute approximate surface area is 254 Å². The molecule has 0 atom stereocenters. The number of benzene rings is 3. The molecule has 0 fully saturated rings. The van der Waals surface area contributed by atoms with E-state index < -0.39 is 0 Å². The molecule has 3 aromatic carbocycles. The van der Waals surface area contributed by atoms with Gasteiger partial charge < -0.3 is 24.8 Å². The Kier molecular flexibility index (Phi) is 6.27. The second-order valence-corrected chi connectivity index (χ2v) is 11.1. The topological polar surface area (TPSA) is 66.4 Å². The summed E-state index contributed by atoms with van der Waals surface area (Å²) in [7, 11) is 2.12. The van der Waals surface area contributed by atoms with Crippen LogP contribution in [0.15, 0.2) is 140 Å². The van der Waals surface area contributed by atoms with Crippen LogP contribution in [0.4, 0.5) is 5.69 Å². The number of aromatic nitrogens is 4. The van der Waals surface area contributed by atoms with E-state index in [2.05, 4.69) is 177 Å². The first kappa shape index (κ1) is 25.7. The van der Waals surface area contributed by atoms with E-state index >= 15 is 0 Å². The normalized spacial score (nSPS) is 12.7. The number of para-hydroxylation sites is 1. The van der Waals surface area contributed by atoms with Crippen LogP contribution in [0.5, 0.6) is 0 Å². The van der Waals surface area contributed by atoms with Crippen molar-refractivity contribution in [3.63, 3.8) is 0 Å². The summed E-state index contributed by atoms with van der Waals surface area (Å²) >= 11 is 0. The number of hydrogen-bond acceptors (Lipinski definition) is 1. The third kappa shape index (κ3) is 4.61. The highest BCUT2D eigenvalue weighted by Gasteiger charge is 2.17. The summed E-state index contributed by atoms with van der Waals surface area (Å²) in [5.41, 5.74) is 10.8. The van der Waals surface area contributed by atoms with Gasteiger partial charge in [-0.3, -0.25) is 0 Å².